The summed E-state index contributed by atoms with van der Waals surface area (Å²) in [6.45, 7) is 0. The van der Waals surface area contributed by atoms with E-state index in [9.17, 15) is 0 Å². The van der Waals surface area contributed by atoms with Crippen LogP contribution in [0.1, 0.15) is 35.2 Å². The zero-order chi connectivity index (χ0) is 14.8. The molecular weight excluding hydrogens is 266 g/mol. The third kappa shape index (κ3) is 2.64. The zero-order valence-corrected chi connectivity index (χ0v) is 12.9. The van der Waals surface area contributed by atoms with Crippen molar-refractivity contribution in [2.24, 2.45) is 0 Å². The first-order valence-electron chi connectivity index (χ1n) is 8.33. The number of aromatic nitrogens is 1. The summed E-state index contributed by atoms with van der Waals surface area (Å²) in [5.41, 5.74) is 5.81. The highest BCUT2D eigenvalue weighted by Crippen LogP contribution is 2.24. The molecular formula is C21H21N. The van der Waals surface area contributed by atoms with Gasteiger partial charge in [0.25, 0.3) is 0 Å². The van der Waals surface area contributed by atoms with E-state index in [2.05, 4.69) is 53.5 Å². The molecule has 0 radical (unpaired) electrons. The number of aryl methyl sites for hydroxylation is 3. The standard InChI is InChI=1S/C21H21N/c1-2-7-19-15-16(9-11-17(19)5-1)10-12-21-20-8-4-3-6-18(20)13-14-22-21/h1-2,5,7,9,11,13-15H,3-4,6,8,10,12H2. The van der Waals surface area contributed by atoms with Gasteiger partial charge in [0.1, 0.15) is 0 Å². The predicted molar refractivity (Wildman–Crippen MR) is 92.2 cm³/mol. The molecule has 4 rings (SSSR count). The molecule has 1 heteroatoms. The molecule has 0 saturated carbocycles. The maximum absolute atomic E-state index is 4.67. The topological polar surface area (TPSA) is 12.9 Å². The first kappa shape index (κ1) is 13.5. The molecule has 0 N–H and O–H groups in total. The van der Waals surface area contributed by atoms with Crippen molar-refractivity contribution >= 4 is 10.8 Å². The van der Waals surface area contributed by atoms with Crippen LogP contribution in [0.5, 0.6) is 0 Å². The minimum absolute atomic E-state index is 1.06. The fourth-order valence-corrected chi connectivity index (χ4v) is 3.61. The Morgan fingerprint density at radius 2 is 1.68 bits per heavy atom. The molecule has 110 valence electrons. The maximum atomic E-state index is 4.67. The second-order valence-electron chi connectivity index (χ2n) is 6.28. The van der Waals surface area contributed by atoms with Crippen molar-refractivity contribution in [3.8, 4) is 0 Å². The molecule has 0 unspecified atom stereocenters. The van der Waals surface area contributed by atoms with Crippen molar-refractivity contribution in [3.63, 3.8) is 0 Å². The molecule has 3 aromatic rings. The summed E-state index contributed by atoms with van der Waals surface area (Å²) in [5, 5.41) is 2.66. The largest absolute Gasteiger partial charge is 0.261 e. The quantitative estimate of drug-likeness (QED) is 0.667. The Morgan fingerprint density at radius 3 is 2.64 bits per heavy atom. The van der Waals surface area contributed by atoms with Gasteiger partial charge in [0, 0.05) is 11.9 Å². The molecule has 1 aliphatic carbocycles. The van der Waals surface area contributed by atoms with Crippen LogP contribution in [0.2, 0.25) is 0 Å². The summed E-state index contributed by atoms with van der Waals surface area (Å²) in [6, 6.07) is 17.6. The highest BCUT2D eigenvalue weighted by molar-refractivity contribution is 5.82. The lowest BCUT2D eigenvalue weighted by Gasteiger charge is -2.18. The van der Waals surface area contributed by atoms with Crippen LogP contribution in [0.25, 0.3) is 10.8 Å². The minimum atomic E-state index is 1.06. The number of hydrogen-bond donors (Lipinski definition) is 0. The maximum Gasteiger partial charge on any atom is 0.0441 e. The summed E-state index contributed by atoms with van der Waals surface area (Å²) in [5.74, 6) is 0. The van der Waals surface area contributed by atoms with Crippen LogP contribution in [0.4, 0.5) is 0 Å². The Morgan fingerprint density at radius 1 is 0.818 bits per heavy atom. The van der Waals surface area contributed by atoms with E-state index in [0.29, 0.717) is 0 Å². The van der Waals surface area contributed by atoms with Crippen molar-refractivity contribution in [2.45, 2.75) is 38.5 Å². The van der Waals surface area contributed by atoms with Crippen LogP contribution in [0.15, 0.2) is 54.7 Å². The van der Waals surface area contributed by atoms with Gasteiger partial charge in [-0.1, -0.05) is 42.5 Å². The van der Waals surface area contributed by atoms with Crippen LogP contribution >= 0.6 is 0 Å². The lowest BCUT2D eigenvalue weighted by atomic mass is 9.89. The van der Waals surface area contributed by atoms with E-state index in [-0.39, 0.29) is 0 Å². The highest BCUT2D eigenvalue weighted by atomic mass is 14.7. The smallest absolute Gasteiger partial charge is 0.0441 e. The van der Waals surface area contributed by atoms with Gasteiger partial charge in [0.15, 0.2) is 0 Å². The summed E-state index contributed by atoms with van der Waals surface area (Å²) in [6.07, 6.45) is 9.25. The van der Waals surface area contributed by atoms with Gasteiger partial charge in [-0.25, -0.2) is 0 Å². The monoisotopic (exact) mass is 287 g/mol. The molecule has 2 aromatic carbocycles. The fraction of sp³-hybridized carbons (Fsp3) is 0.286. The first-order chi connectivity index (χ1) is 10.9. The van der Waals surface area contributed by atoms with Crippen LogP contribution in [-0.4, -0.2) is 4.98 Å². The molecule has 0 bridgehead atoms. The number of fused-ring (bicyclic) bond motifs is 2. The molecule has 1 nitrogen and oxygen atoms in total. The molecule has 0 spiro atoms. The second-order valence-corrected chi connectivity index (χ2v) is 6.28. The van der Waals surface area contributed by atoms with Crippen LogP contribution in [-0.2, 0) is 25.7 Å². The molecule has 1 aliphatic rings. The van der Waals surface area contributed by atoms with Crippen molar-refractivity contribution in [1.29, 1.82) is 0 Å². The first-order valence-corrected chi connectivity index (χ1v) is 8.33. The Bertz CT molecular complexity index is 804. The zero-order valence-electron chi connectivity index (χ0n) is 12.9. The molecule has 0 saturated heterocycles. The van der Waals surface area contributed by atoms with Crippen molar-refractivity contribution in [1.82, 2.24) is 4.98 Å². The Hall–Kier alpha value is -2.15. The summed E-state index contributed by atoms with van der Waals surface area (Å²) in [4.78, 5) is 4.67. The normalized spacial score (nSPS) is 14.0. The molecule has 0 atom stereocenters. The summed E-state index contributed by atoms with van der Waals surface area (Å²) in [7, 11) is 0. The molecule has 0 aliphatic heterocycles. The number of nitrogens with zero attached hydrogens (tertiary/aromatic N) is 1. The van der Waals surface area contributed by atoms with Gasteiger partial charge >= 0.3 is 0 Å². The lowest BCUT2D eigenvalue weighted by molar-refractivity contribution is 0.670. The Balaban J connectivity index is 1.56. The van der Waals surface area contributed by atoms with Gasteiger partial charge in [-0.15, -0.1) is 0 Å². The number of rotatable bonds is 3. The van der Waals surface area contributed by atoms with Gasteiger partial charge in [-0.3, -0.25) is 4.98 Å². The summed E-state index contributed by atoms with van der Waals surface area (Å²) < 4.78 is 0. The Labute approximate surface area is 132 Å². The molecule has 22 heavy (non-hydrogen) atoms. The number of benzene rings is 2. The van der Waals surface area contributed by atoms with Crippen molar-refractivity contribution < 1.29 is 0 Å². The van der Waals surface area contributed by atoms with E-state index >= 15 is 0 Å². The lowest BCUT2D eigenvalue weighted by Crippen LogP contribution is -2.09. The van der Waals surface area contributed by atoms with Crippen LogP contribution in [0.3, 0.4) is 0 Å². The molecule has 1 heterocycles. The number of pyridine rings is 1. The Kier molecular flexibility index (Phi) is 3.64. The third-order valence-electron chi connectivity index (χ3n) is 4.83. The van der Waals surface area contributed by atoms with Crippen molar-refractivity contribution in [2.75, 3.05) is 0 Å². The fourth-order valence-electron chi connectivity index (χ4n) is 3.61. The van der Waals surface area contributed by atoms with Gasteiger partial charge in [0.05, 0.1) is 0 Å². The van der Waals surface area contributed by atoms with E-state index in [1.807, 2.05) is 6.20 Å². The SMILES string of the molecule is c1ccc2cc(CCc3nccc4c3CCCC4)ccc2c1. The van der Waals surface area contributed by atoms with E-state index in [4.69, 9.17) is 0 Å². The molecule has 0 fully saturated rings. The molecule has 0 amide bonds. The van der Waals surface area contributed by atoms with Crippen molar-refractivity contribution in [3.05, 3.63) is 77.1 Å². The van der Waals surface area contributed by atoms with Gasteiger partial charge in [0.2, 0.25) is 0 Å². The predicted octanol–water partition coefficient (Wildman–Crippen LogP) is 4.90. The third-order valence-corrected chi connectivity index (χ3v) is 4.83. The summed E-state index contributed by atoms with van der Waals surface area (Å²) >= 11 is 0. The molecule has 1 aromatic heterocycles. The number of hydrogen-bond acceptors (Lipinski definition) is 1. The van der Waals surface area contributed by atoms with Crippen LogP contribution in [0, 0.1) is 0 Å². The van der Waals surface area contributed by atoms with Gasteiger partial charge in [-0.2, -0.15) is 0 Å². The van der Waals surface area contributed by atoms with E-state index in [1.165, 1.54) is 58.8 Å². The second kappa shape index (κ2) is 5.92. The van der Waals surface area contributed by atoms with Gasteiger partial charge in [-0.05, 0) is 72.1 Å². The van der Waals surface area contributed by atoms with E-state index in [1.54, 1.807) is 0 Å². The van der Waals surface area contributed by atoms with Gasteiger partial charge < -0.3 is 0 Å². The average Bonchev–Trinajstić information content (AvgIpc) is 2.60. The van der Waals surface area contributed by atoms with Crippen LogP contribution < -0.4 is 0 Å². The van der Waals surface area contributed by atoms with E-state index < -0.39 is 0 Å². The average molecular weight is 287 g/mol. The highest BCUT2D eigenvalue weighted by Gasteiger charge is 2.13. The van der Waals surface area contributed by atoms with E-state index in [0.717, 1.165) is 12.8 Å². The minimum Gasteiger partial charge on any atom is -0.261 e.